The number of benzene rings is 2. The molecular weight excluding hydrogens is 354 g/mol. The highest BCUT2D eigenvalue weighted by molar-refractivity contribution is 6.03. The molecule has 28 heavy (non-hydrogen) atoms. The zero-order chi connectivity index (χ0) is 19.7. The first-order valence-corrected chi connectivity index (χ1v) is 9.22. The summed E-state index contributed by atoms with van der Waals surface area (Å²) in [6, 6.07) is 17.2. The molecule has 1 saturated heterocycles. The molecule has 1 aliphatic heterocycles. The van der Waals surface area contributed by atoms with E-state index in [0.29, 0.717) is 12.2 Å². The van der Waals surface area contributed by atoms with E-state index in [1.165, 1.54) is 4.90 Å². The number of fused-ring (bicyclic) bond motifs is 1. The molecular formula is C22H21N3O3. The van der Waals surface area contributed by atoms with Crippen LogP contribution in [0.2, 0.25) is 0 Å². The number of amides is 2. The number of rotatable bonds is 3. The smallest absolute Gasteiger partial charge is 0.407 e. The SMILES string of the molecule is Cc1nccc2c(NC(=O)[C@H]3CN(C(=O)O)C[C@@H]3c3ccccc3)cccc12. The van der Waals surface area contributed by atoms with Gasteiger partial charge in [-0.15, -0.1) is 0 Å². The Kier molecular flexibility index (Phi) is 4.69. The van der Waals surface area contributed by atoms with Gasteiger partial charge >= 0.3 is 6.09 Å². The minimum atomic E-state index is -0.997. The molecule has 2 atom stereocenters. The van der Waals surface area contributed by atoms with Gasteiger partial charge in [0.15, 0.2) is 0 Å². The number of carbonyl (C=O) groups is 2. The Balaban J connectivity index is 1.65. The number of anilines is 1. The molecule has 3 aromatic rings. The third-order valence-electron chi connectivity index (χ3n) is 5.42. The maximum Gasteiger partial charge on any atom is 0.407 e. The Bertz CT molecular complexity index is 1040. The fourth-order valence-electron chi connectivity index (χ4n) is 3.95. The van der Waals surface area contributed by atoms with Gasteiger partial charge < -0.3 is 15.3 Å². The summed E-state index contributed by atoms with van der Waals surface area (Å²) in [6.45, 7) is 2.43. The molecule has 6 nitrogen and oxygen atoms in total. The monoisotopic (exact) mass is 375 g/mol. The Morgan fingerprint density at radius 1 is 1.04 bits per heavy atom. The highest BCUT2D eigenvalue weighted by Gasteiger charge is 2.40. The molecule has 0 aliphatic carbocycles. The molecule has 2 aromatic carbocycles. The van der Waals surface area contributed by atoms with Crippen molar-refractivity contribution in [3.63, 3.8) is 0 Å². The Labute approximate surface area is 162 Å². The first-order valence-electron chi connectivity index (χ1n) is 9.22. The second kappa shape index (κ2) is 7.31. The summed E-state index contributed by atoms with van der Waals surface area (Å²) in [5.41, 5.74) is 2.59. The zero-order valence-electron chi connectivity index (χ0n) is 15.5. The Morgan fingerprint density at radius 2 is 1.82 bits per heavy atom. The maximum atomic E-state index is 13.1. The number of pyridine rings is 1. The largest absolute Gasteiger partial charge is 0.465 e. The van der Waals surface area contributed by atoms with Crippen LogP contribution in [0.1, 0.15) is 17.2 Å². The number of hydrogen-bond donors (Lipinski definition) is 2. The lowest BCUT2D eigenvalue weighted by molar-refractivity contribution is -0.119. The first kappa shape index (κ1) is 18.0. The van der Waals surface area contributed by atoms with Crippen molar-refractivity contribution in [2.24, 2.45) is 5.92 Å². The molecule has 1 fully saturated rings. The van der Waals surface area contributed by atoms with Crippen molar-refractivity contribution in [1.82, 2.24) is 9.88 Å². The van der Waals surface area contributed by atoms with Crippen LogP contribution < -0.4 is 5.32 Å². The molecule has 1 aliphatic rings. The van der Waals surface area contributed by atoms with E-state index in [4.69, 9.17) is 0 Å². The van der Waals surface area contributed by atoms with E-state index in [-0.39, 0.29) is 18.4 Å². The van der Waals surface area contributed by atoms with Crippen molar-refractivity contribution < 1.29 is 14.7 Å². The summed E-state index contributed by atoms with van der Waals surface area (Å²) in [5, 5.41) is 14.4. The van der Waals surface area contributed by atoms with Crippen molar-refractivity contribution >= 4 is 28.5 Å². The zero-order valence-corrected chi connectivity index (χ0v) is 15.5. The van der Waals surface area contributed by atoms with Crippen molar-refractivity contribution in [2.75, 3.05) is 18.4 Å². The summed E-state index contributed by atoms with van der Waals surface area (Å²) in [5.74, 6) is -0.785. The van der Waals surface area contributed by atoms with Crippen LogP contribution in [0.25, 0.3) is 10.8 Å². The molecule has 2 heterocycles. The number of likely N-dealkylation sites (tertiary alicyclic amines) is 1. The van der Waals surface area contributed by atoms with Crippen LogP contribution >= 0.6 is 0 Å². The highest BCUT2D eigenvalue weighted by atomic mass is 16.4. The van der Waals surface area contributed by atoms with Crippen molar-refractivity contribution in [3.05, 3.63) is 72.1 Å². The normalized spacial score (nSPS) is 19.0. The average molecular weight is 375 g/mol. The molecule has 4 rings (SSSR count). The Morgan fingerprint density at radius 3 is 2.57 bits per heavy atom. The standard InChI is InChI=1S/C22H21N3O3/c1-14-16-8-5-9-20(17(16)10-11-23-14)24-21(26)19-13-25(22(27)28)12-18(19)15-6-3-2-4-7-15/h2-11,18-19H,12-13H2,1H3,(H,24,26)(H,27,28)/t18-,19+/m1/s1. The van der Waals surface area contributed by atoms with Crippen LogP contribution in [0.5, 0.6) is 0 Å². The van der Waals surface area contributed by atoms with E-state index < -0.39 is 12.0 Å². The molecule has 6 heteroatoms. The fraction of sp³-hybridized carbons (Fsp3) is 0.227. The molecule has 0 spiro atoms. The number of hydrogen-bond acceptors (Lipinski definition) is 3. The third-order valence-corrected chi connectivity index (χ3v) is 5.42. The number of aryl methyl sites for hydroxylation is 1. The van der Waals surface area contributed by atoms with Gasteiger partial charge in [-0.05, 0) is 24.6 Å². The quantitative estimate of drug-likeness (QED) is 0.728. The van der Waals surface area contributed by atoms with Crippen molar-refractivity contribution in [2.45, 2.75) is 12.8 Å². The summed E-state index contributed by atoms with van der Waals surface area (Å²) < 4.78 is 0. The van der Waals surface area contributed by atoms with Gasteiger partial charge in [0, 0.05) is 47.4 Å². The van der Waals surface area contributed by atoms with Gasteiger partial charge in [0.05, 0.1) is 5.92 Å². The summed E-state index contributed by atoms with van der Waals surface area (Å²) in [4.78, 5) is 30.3. The van der Waals surface area contributed by atoms with Crippen LogP contribution in [0.3, 0.4) is 0 Å². The minimum Gasteiger partial charge on any atom is -0.465 e. The molecule has 0 bridgehead atoms. The van der Waals surface area contributed by atoms with Gasteiger partial charge in [-0.25, -0.2) is 4.79 Å². The lowest BCUT2D eigenvalue weighted by atomic mass is 9.88. The summed E-state index contributed by atoms with van der Waals surface area (Å²) in [6.07, 6.45) is 0.727. The first-order chi connectivity index (χ1) is 13.5. The van der Waals surface area contributed by atoms with E-state index in [0.717, 1.165) is 22.0 Å². The van der Waals surface area contributed by atoms with E-state index in [2.05, 4.69) is 10.3 Å². The highest BCUT2D eigenvalue weighted by Crippen LogP contribution is 2.34. The van der Waals surface area contributed by atoms with Crippen LogP contribution in [0, 0.1) is 12.8 Å². The predicted molar refractivity (Wildman–Crippen MR) is 107 cm³/mol. The second-order valence-electron chi connectivity index (χ2n) is 7.10. The predicted octanol–water partition coefficient (Wildman–Crippen LogP) is 3.88. The van der Waals surface area contributed by atoms with Gasteiger partial charge in [-0.2, -0.15) is 0 Å². The molecule has 0 unspecified atom stereocenters. The van der Waals surface area contributed by atoms with E-state index >= 15 is 0 Å². The molecule has 2 N–H and O–H groups in total. The molecule has 0 radical (unpaired) electrons. The van der Waals surface area contributed by atoms with Gasteiger partial charge in [0.25, 0.3) is 0 Å². The molecule has 1 aromatic heterocycles. The second-order valence-corrected chi connectivity index (χ2v) is 7.10. The maximum absolute atomic E-state index is 13.1. The van der Waals surface area contributed by atoms with Crippen molar-refractivity contribution in [1.29, 1.82) is 0 Å². The number of aromatic nitrogens is 1. The van der Waals surface area contributed by atoms with E-state index in [1.54, 1.807) is 6.20 Å². The van der Waals surface area contributed by atoms with Crippen LogP contribution in [-0.4, -0.2) is 40.1 Å². The number of carboxylic acid groups (broad SMARTS) is 1. The van der Waals surface area contributed by atoms with Crippen LogP contribution in [0.4, 0.5) is 10.5 Å². The molecule has 142 valence electrons. The van der Waals surface area contributed by atoms with Gasteiger partial charge in [0.2, 0.25) is 5.91 Å². The van der Waals surface area contributed by atoms with Crippen molar-refractivity contribution in [3.8, 4) is 0 Å². The third kappa shape index (κ3) is 3.29. The van der Waals surface area contributed by atoms with E-state index in [1.807, 2.05) is 61.5 Å². The summed E-state index contributed by atoms with van der Waals surface area (Å²) >= 11 is 0. The molecule has 0 saturated carbocycles. The number of carbonyl (C=O) groups excluding carboxylic acids is 1. The Hall–Kier alpha value is -3.41. The number of nitrogens with zero attached hydrogens (tertiary/aromatic N) is 2. The summed E-state index contributed by atoms with van der Waals surface area (Å²) in [7, 11) is 0. The minimum absolute atomic E-state index is 0.167. The lowest BCUT2D eigenvalue weighted by Gasteiger charge is -2.19. The van der Waals surface area contributed by atoms with Gasteiger partial charge in [-0.3, -0.25) is 9.78 Å². The van der Waals surface area contributed by atoms with Crippen LogP contribution in [0.15, 0.2) is 60.8 Å². The number of nitrogens with one attached hydrogen (secondary N) is 1. The average Bonchev–Trinajstić information content (AvgIpc) is 3.15. The van der Waals surface area contributed by atoms with Gasteiger partial charge in [-0.1, -0.05) is 42.5 Å². The lowest BCUT2D eigenvalue weighted by Crippen LogP contribution is -2.30. The molecule has 2 amide bonds. The van der Waals surface area contributed by atoms with Crippen LogP contribution in [-0.2, 0) is 4.79 Å². The van der Waals surface area contributed by atoms with Gasteiger partial charge in [0.1, 0.15) is 0 Å². The fourth-order valence-corrected chi connectivity index (χ4v) is 3.95. The topological polar surface area (TPSA) is 82.5 Å². The van der Waals surface area contributed by atoms with E-state index in [9.17, 15) is 14.7 Å².